The van der Waals surface area contributed by atoms with Crippen LogP contribution >= 0.6 is 0 Å². The molecule has 0 aromatic carbocycles. The molecule has 0 aromatic rings. The average molecular weight is 264 g/mol. The molecule has 3 aliphatic rings. The molecule has 3 heteroatoms. The minimum absolute atomic E-state index is 0.236. The van der Waals surface area contributed by atoms with Gasteiger partial charge in [0.25, 0.3) is 0 Å². The molecule has 1 saturated carbocycles. The number of carbonyl (C=O) groups is 1. The Hall–Kier alpha value is -0.570. The molecule has 0 aromatic heterocycles. The lowest BCUT2D eigenvalue weighted by Gasteiger charge is -2.45. The Morgan fingerprint density at radius 2 is 1.74 bits per heavy atom. The van der Waals surface area contributed by atoms with E-state index in [2.05, 4.69) is 17.1 Å². The molecule has 2 atom stereocenters. The van der Waals surface area contributed by atoms with Crippen LogP contribution in [-0.2, 0) is 4.79 Å². The number of likely N-dealkylation sites (tertiary alicyclic amines) is 1. The van der Waals surface area contributed by atoms with Crippen molar-refractivity contribution in [2.45, 2.75) is 51.9 Å². The van der Waals surface area contributed by atoms with Gasteiger partial charge in [-0.2, -0.15) is 0 Å². The summed E-state index contributed by atoms with van der Waals surface area (Å²) in [6.07, 6.45) is 9.60. The third kappa shape index (κ3) is 2.67. The van der Waals surface area contributed by atoms with Gasteiger partial charge in [0, 0.05) is 19.6 Å². The van der Waals surface area contributed by atoms with Gasteiger partial charge in [-0.15, -0.1) is 0 Å². The largest absolute Gasteiger partial charge is 0.342 e. The minimum Gasteiger partial charge on any atom is -0.342 e. The predicted molar refractivity (Wildman–Crippen MR) is 76.9 cm³/mol. The lowest BCUT2D eigenvalue weighted by molar-refractivity contribution is -0.138. The quantitative estimate of drug-likeness (QED) is 0.789. The molecule has 0 radical (unpaired) electrons. The van der Waals surface area contributed by atoms with E-state index in [0.29, 0.717) is 17.2 Å². The van der Waals surface area contributed by atoms with Gasteiger partial charge in [-0.25, -0.2) is 0 Å². The van der Waals surface area contributed by atoms with Crippen LogP contribution in [0.2, 0.25) is 0 Å². The van der Waals surface area contributed by atoms with Gasteiger partial charge < -0.3 is 10.2 Å². The topological polar surface area (TPSA) is 32.3 Å². The van der Waals surface area contributed by atoms with Crippen LogP contribution in [0.1, 0.15) is 51.9 Å². The van der Waals surface area contributed by atoms with Crippen molar-refractivity contribution in [2.24, 2.45) is 17.3 Å². The van der Waals surface area contributed by atoms with Crippen LogP contribution in [0, 0.1) is 17.3 Å². The Morgan fingerprint density at radius 3 is 2.32 bits per heavy atom. The molecular weight excluding hydrogens is 236 g/mol. The van der Waals surface area contributed by atoms with Gasteiger partial charge in [0.2, 0.25) is 5.91 Å². The van der Waals surface area contributed by atoms with Crippen molar-refractivity contribution in [1.82, 2.24) is 10.2 Å². The van der Waals surface area contributed by atoms with Gasteiger partial charge in [0.05, 0.1) is 5.92 Å². The second kappa shape index (κ2) is 5.43. The number of carbonyl (C=O) groups excluding carboxylic acids is 1. The van der Waals surface area contributed by atoms with Gasteiger partial charge >= 0.3 is 0 Å². The number of nitrogens with zero attached hydrogens (tertiary/aromatic N) is 1. The highest BCUT2D eigenvalue weighted by Crippen LogP contribution is 2.44. The van der Waals surface area contributed by atoms with E-state index in [-0.39, 0.29) is 5.92 Å². The monoisotopic (exact) mass is 264 g/mol. The highest BCUT2D eigenvalue weighted by molar-refractivity contribution is 5.79. The third-order valence-corrected chi connectivity index (χ3v) is 5.88. The third-order valence-electron chi connectivity index (χ3n) is 5.88. The number of nitrogens with one attached hydrogen (secondary N) is 1. The zero-order valence-electron chi connectivity index (χ0n) is 12.3. The van der Waals surface area contributed by atoms with E-state index in [1.165, 1.54) is 44.9 Å². The van der Waals surface area contributed by atoms with Crippen molar-refractivity contribution in [1.29, 1.82) is 0 Å². The predicted octanol–water partition coefficient (Wildman–Crippen LogP) is 2.41. The summed E-state index contributed by atoms with van der Waals surface area (Å²) >= 11 is 0. The van der Waals surface area contributed by atoms with Crippen molar-refractivity contribution in [3.8, 4) is 0 Å². The first-order valence-electron chi connectivity index (χ1n) is 8.20. The zero-order chi connectivity index (χ0) is 13.3. The second-order valence-electron chi connectivity index (χ2n) is 7.13. The second-order valence-corrected chi connectivity index (χ2v) is 7.13. The van der Waals surface area contributed by atoms with Crippen LogP contribution < -0.4 is 5.32 Å². The molecule has 3 nitrogen and oxygen atoms in total. The smallest absolute Gasteiger partial charge is 0.227 e. The molecule has 2 unspecified atom stereocenters. The van der Waals surface area contributed by atoms with Gasteiger partial charge in [-0.05, 0) is 43.6 Å². The Morgan fingerprint density at radius 1 is 1.05 bits per heavy atom. The summed E-state index contributed by atoms with van der Waals surface area (Å²) in [5, 5.41) is 3.35. The van der Waals surface area contributed by atoms with Crippen molar-refractivity contribution < 1.29 is 4.79 Å². The zero-order valence-corrected chi connectivity index (χ0v) is 12.3. The molecule has 1 amide bonds. The SMILES string of the molecule is CC1CNCC1C(=O)N1CCC2(CCCCC2)CC1. The first-order valence-corrected chi connectivity index (χ1v) is 8.20. The van der Waals surface area contributed by atoms with Crippen molar-refractivity contribution in [3.63, 3.8) is 0 Å². The van der Waals surface area contributed by atoms with E-state index in [0.717, 1.165) is 26.2 Å². The summed E-state index contributed by atoms with van der Waals surface area (Å²) in [7, 11) is 0. The summed E-state index contributed by atoms with van der Waals surface area (Å²) in [6.45, 7) is 6.13. The molecule has 3 rings (SSSR count). The van der Waals surface area contributed by atoms with E-state index >= 15 is 0 Å². The van der Waals surface area contributed by atoms with Crippen LogP contribution in [0.4, 0.5) is 0 Å². The fourth-order valence-corrected chi connectivity index (χ4v) is 4.38. The number of hydrogen-bond donors (Lipinski definition) is 1. The number of amides is 1. The summed E-state index contributed by atoms with van der Waals surface area (Å²) < 4.78 is 0. The van der Waals surface area contributed by atoms with E-state index in [1.807, 2.05) is 0 Å². The van der Waals surface area contributed by atoms with Gasteiger partial charge in [0.15, 0.2) is 0 Å². The molecule has 19 heavy (non-hydrogen) atoms. The maximum Gasteiger partial charge on any atom is 0.227 e. The van der Waals surface area contributed by atoms with E-state index in [9.17, 15) is 4.79 Å². The maximum atomic E-state index is 12.6. The number of hydrogen-bond acceptors (Lipinski definition) is 2. The molecule has 108 valence electrons. The van der Waals surface area contributed by atoms with Gasteiger partial charge in [0.1, 0.15) is 0 Å². The standard InChI is InChI=1S/C16H28N2O/c1-13-11-17-12-14(13)15(19)18-9-7-16(8-10-18)5-3-2-4-6-16/h13-14,17H,2-12H2,1H3. The Balaban J connectivity index is 1.56. The highest BCUT2D eigenvalue weighted by atomic mass is 16.2. The molecule has 2 heterocycles. The van der Waals surface area contributed by atoms with Crippen LogP contribution in [0.5, 0.6) is 0 Å². The van der Waals surface area contributed by atoms with Gasteiger partial charge in [-0.1, -0.05) is 26.2 Å². The van der Waals surface area contributed by atoms with Crippen LogP contribution in [-0.4, -0.2) is 37.0 Å². The molecule has 1 spiro atoms. The summed E-state index contributed by atoms with van der Waals surface area (Å²) in [4.78, 5) is 14.7. The van der Waals surface area contributed by atoms with E-state index in [4.69, 9.17) is 0 Å². The highest BCUT2D eigenvalue weighted by Gasteiger charge is 2.39. The first kappa shape index (κ1) is 13.4. The van der Waals surface area contributed by atoms with Crippen molar-refractivity contribution >= 4 is 5.91 Å². The molecule has 1 N–H and O–H groups in total. The Labute approximate surface area is 117 Å². The Kier molecular flexibility index (Phi) is 3.84. The molecule has 2 saturated heterocycles. The fraction of sp³-hybridized carbons (Fsp3) is 0.938. The minimum atomic E-state index is 0.236. The summed E-state index contributed by atoms with van der Waals surface area (Å²) in [5.74, 6) is 1.17. The van der Waals surface area contributed by atoms with Crippen molar-refractivity contribution in [2.75, 3.05) is 26.2 Å². The number of piperidine rings is 1. The van der Waals surface area contributed by atoms with Crippen LogP contribution in [0.3, 0.4) is 0 Å². The maximum absolute atomic E-state index is 12.6. The average Bonchev–Trinajstić information content (AvgIpc) is 2.86. The van der Waals surface area contributed by atoms with Crippen LogP contribution in [0.15, 0.2) is 0 Å². The van der Waals surface area contributed by atoms with Crippen LogP contribution in [0.25, 0.3) is 0 Å². The first-order chi connectivity index (χ1) is 9.20. The lowest BCUT2D eigenvalue weighted by Crippen LogP contribution is -2.47. The molecular formula is C16H28N2O. The fourth-order valence-electron chi connectivity index (χ4n) is 4.38. The normalized spacial score (nSPS) is 34.7. The van der Waals surface area contributed by atoms with Crippen molar-refractivity contribution in [3.05, 3.63) is 0 Å². The Bertz CT molecular complexity index is 326. The molecule has 2 aliphatic heterocycles. The summed E-state index contributed by atoms with van der Waals surface area (Å²) in [6, 6.07) is 0. The molecule has 1 aliphatic carbocycles. The van der Waals surface area contributed by atoms with Gasteiger partial charge in [-0.3, -0.25) is 4.79 Å². The summed E-state index contributed by atoms with van der Waals surface area (Å²) in [5.41, 5.74) is 0.606. The van der Waals surface area contributed by atoms with E-state index < -0.39 is 0 Å². The molecule has 0 bridgehead atoms. The molecule has 3 fully saturated rings. The lowest BCUT2D eigenvalue weighted by atomic mass is 9.68. The number of rotatable bonds is 1. The van der Waals surface area contributed by atoms with E-state index in [1.54, 1.807) is 0 Å².